The Hall–Kier alpha value is -1.86. The van der Waals surface area contributed by atoms with E-state index in [9.17, 15) is 9.59 Å². The van der Waals surface area contributed by atoms with Crippen LogP contribution in [0, 0.1) is 0 Å². The largest absolute Gasteiger partial charge is 0.467 e. The molecular formula is C13H20N4O3. The summed E-state index contributed by atoms with van der Waals surface area (Å²) in [5.74, 6) is 5.42. The first-order chi connectivity index (χ1) is 9.60. The number of nitrogens with two attached hydrogens (primary N) is 1. The lowest BCUT2D eigenvalue weighted by Gasteiger charge is -2.31. The lowest BCUT2D eigenvalue weighted by atomic mass is 10.0. The molecule has 0 aromatic carbocycles. The molecule has 2 rings (SSSR count). The van der Waals surface area contributed by atoms with Crippen molar-refractivity contribution in [1.82, 2.24) is 15.6 Å². The fraction of sp³-hybridized carbons (Fsp3) is 0.538. The highest BCUT2D eigenvalue weighted by atomic mass is 16.3. The summed E-state index contributed by atoms with van der Waals surface area (Å²) >= 11 is 0. The molecule has 7 nitrogen and oxygen atoms in total. The number of carbonyl (C=O) groups is 2. The molecule has 1 aliphatic rings. The predicted octanol–water partition coefficient (Wildman–Crippen LogP) is -0.0164. The van der Waals surface area contributed by atoms with Crippen LogP contribution < -0.4 is 16.6 Å². The first kappa shape index (κ1) is 14.5. The number of hydrazine groups is 1. The third-order valence-corrected chi connectivity index (χ3v) is 3.48. The van der Waals surface area contributed by atoms with Gasteiger partial charge in [-0.1, -0.05) is 0 Å². The van der Waals surface area contributed by atoms with E-state index in [2.05, 4.69) is 15.6 Å². The van der Waals surface area contributed by atoms with Gasteiger partial charge in [-0.2, -0.15) is 0 Å². The molecule has 7 heteroatoms. The molecule has 2 amide bonds. The number of nitrogens with one attached hydrogen (secondary N) is 2. The van der Waals surface area contributed by atoms with Crippen LogP contribution in [0.5, 0.6) is 0 Å². The summed E-state index contributed by atoms with van der Waals surface area (Å²) in [4.78, 5) is 24.8. The number of likely N-dealkylation sites (tertiary alicyclic amines) is 1. The Morgan fingerprint density at radius 1 is 1.45 bits per heavy atom. The van der Waals surface area contributed by atoms with Gasteiger partial charge in [0.2, 0.25) is 5.91 Å². The molecule has 1 saturated heterocycles. The lowest BCUT2D eigenvalue weighted by Crippen LogP contribution is -2.43. The zero-order valence-corrected chi connectivity index (χ0v) is 11.5. The van der Waals surface area contributed by atoms with Gasteiger partial charge in [-0.05, 0) is 18.9 Å². The Morgan fingerprint density at radius 2 is 2.15 bits per heavy atom. The highest BCUT2D eigenvalue weighted by Gasteiger charge is 2.22. The predicted molar refractivity (Wildman–Crippen MR) is 72.5 cm³/mol. The van der Waals surface area contributed by atoms with Crippen molar-refractivity contribution in [1.29, 1.82) is 0 Å². The number of carbonyl (C=O) groups excluding carboxylic acids is 2. The Balaban J connectivity index is 1.88. The van der Waals surface area contributed by atoms with Crippen LogP contribution in [0.25, 0.3) is 0 Å². The van der Waals surface area contributed by atoms with Gasteiger partial charge < -0.3 is 9.73 Å². The molecule has 20 heavy (non-hydrogen) atoms. The lowest BCUT2D eigenvalue weighted by molar-refractivity contribution is -0.120. The Bertz CT molecular complexity index is 478. The second-order valence-electron chi connectivity index (χ2n) is 4.98. The molecule has 110 valence electrons. The average molecular weight is 280 g/mol. The topological polar surface area (TPSA) is 101 Å². The van der Waals surface area contributed by atoms with E-state index in [1.54, 1.807) is 6.07 Å². The summed E-state index contributed by atoms with van der Waals surface area (Å²) < 4.78 is 5.35. The second-order valence-corrected chi connectivity index (χ2v) is 4.98. The van der Waals surface area contributed by atoms with Crippen LogP contribution in [0.3, 0.4) is 0 Å². The molecule has 0 bridgehead atoms. The number of nitrogens with zero attached hydrogens (tertiary/aromatic N) is 1. The van der Waals surface area contributed by atoms with Crippen LogP contribution in [0.15, 0.2) is 16.7 Å². The van der Waals surface area contributed by atoms with Crippen LogP contribution in [-0.4, -0.2) is 35.8 Å². The minimum Gasteiger partial charge on any atom is -0.467 e. The number of rotatable bonds is 4. The van der Waals surface area contributed by atoms with E-state index in [0.29, 0.717) is 17.9 Å². The normalized spacial score (nSPS) is 16.9. The summed E-state index contributed by atoms with van der Waals surface area (Å²) in [6.07, 6.45) is 3.29. The Kier molecular flexibility index (Phi) is 4.75. The van der Waals surface area contributed by atoms with Gasteiger partial charge in [0.25, 0.3) is 5.91 Å². The number of nitrogen functional groups attached to an aromatic ring is 1. The van der Waals surface area contributed by atoms with Crippen molar-refractivity contribution in [3.63, 3.8) is 0 Å². The maximum atomic E-state index is 11.5. The van der Waals surface area contributed by atoms with E-state index in [0.717, 1.165) is 25.9 Å². The zero-order chi connectivity index (χ0) is 14.5. The summed E-state index contributed by atoms with van der Waals surface area (Å²) in [6, 6.07) is 1.86. The van der Waals surface area contributed by atoms with E-state index in [-0.39, 0.29) is 17.9 Å². The maximum Gasteiger partial charge on any atom is 0.268 e. The molecule has 0 spiro atoms. The smallest absolute Gasteiger partial charge is 0.268 e. The molecule has 1 fully saturated rings. The van der Waals surface area contributed by atoms with Gasteiger partial charge in [0.15, 0.2) is 0 Å². The van der Waals surface area contributed by atoms with Crippen molar-refractivity contribution >= 4 is 11.8 Å². The Morgan fingerprint density at radius 3 is 2.75 bits per heavy atom. The molecule has 4 N–H and O–H groups in total. The van der Waals surface area contributed by atoms with Crippen molar-refractivity contribution in [2.45, 2.75) is 32.4 Å². The van der Waals surface area contributed by atoms with Gasteiger partial charge in [0.1, 0.15) is 5.76 Å². The van der Waals surface area contributed by atoms with Crippen LogP contribution in [0.2, 0.25) is 0 Å². The van der Waals surface area contributed by atoms with Crippen LogP contribution in [0.4, 0.5) is 0 Å². The van der Waals surface area contributed by atoms with Gasteiger partial charge in [-0.15, -0.1) is 0 Å². The Labute approximate surface area is 117 Å². The van der Waals surface area contributed by atoms with Crippen molar-refractivity contribution in [3.05, 3.63) is 23.7 Å². The molecule has 2 heterocycles. The van der Waals surface area contributed by atoms with Crippen molar-refractivity contribution < 1.29 is 14.0 Å². The molecule has 0 unspecified atom stereocenters. The number of hydrogen-bond donors (Lipinski definition) is 3. The van der Waals surface area contributed by atoms with Crippen LogP contribution in [-0.2, 0) is 11.3 Å². The zero-order valence-electron chi connectivity index (χ0n) is 11.5. The molecule has 0 aliphatic carbocycles. The van der Waals surface area contributed by atoms with Gasteiger partial charge in [-0.3, -0.25) is 19.9 Å². The van der Waals surface area contributed by atoms with E-state index >= 15 is 0 Å². The number of piperidine rings is 1. The quantitative estimate of drug-likeness (QED) is 0.409. The molecule has 1 aromatic rings. The number of amides is 2. The van der Waals surface area contributed by atoms with Gasteiger partial charge in [0, 0.05) is 26.1 Å². The van der Waals surface area contributed by atoms with E-state index < -0.39 is 0 Å². The monoisotopic (exact) mass is 280 g/mol. The summed E-state index contributed by atoms with van der Waals surface area (Å²) in [5, 5.41) is 2.93. The number of furan rings is 1. The SMILES string of the molecule is CC(=O)NC1CCN(Cc2occc2C(=O)NN)CC1. The third-order valence-electron chi connectivity index (χ3n) is 3.48. The summed E-state index contributed by atoms with van der Waals surface area (Å²) in [6.45, 7) is 3.82. The highest BCUT2D eigenvalue weighted by Crippen LogP contribution is 2.17. The molecular weight excluding hydrogens is 260 g/mol. The van der Waals surface area contributed by atoms with E-state index in [1.807, 2.05) is 0 Å². The minimum absolute atomic E-state index is 0.0105. The van der Waals surface area contributed by atoms with Crippen molar-refractivity contribution in [3.8, 4) is 0 Å². The molecule has 0 radical (unpaired) electrons. The van der Waals surface area contributed by atoms with Crippen molar-refractivity contribution in [2.75, 3.05) is 13.1 Å². The molecule has 0 atom stereocenters. The van der Waals surface area contributed by atoms with E-state index in [1.165, 1.54) is 13.2 Å². The number of hydrogen-bond acceptors (Lipinski definition) is 5. The average Bonchev–Trinajstić information content (AvgIpc) is 2.87. The van der Waals surface area contributed by atoms with Gasteiger partial charge in [-0.25, -0.2) is 5.84 Å². The van der Waals surface area contributed by atoms with E-state index in [4.69, 9.17) is 10.3 Å². The first-order valence-corrected chi connectivity index (χ1v) is 6.67. The first-order valence-electron chi connectivity index (χ1n) is 6.67. The molecule has 1 aliphatic heterocycles. The van der Waals surface area contributed by atoms with Crippen LogP contribution >= 0.6 is 0 Å². The highest BCUT2D eigenvalue weighted by molar-refractivity contribution is 5.94. The van der Waals surface area contributed by atoms with Crippen molar-refractivity contribution in [2.24, 2.45) is 5.84 Å². The van der Waals surface area contributed by atoms with Gasteiger partial charge in [0.05, 0.1) is 18.4 Å². The minimum atomic E-state index is -0.345. The third kappa shape index (κ3) is 3.58. The van der Waals surface area contributed by atoms with Crippen LogP contribution in [0.1, 0.15) is 35.9 Å². The maximum absolute atomic E-state index is 11.5. The summed E-state index contributed by atoms with van der Waals surface area (Å²) in [5.41, 5.74) is 2.58. The summed E-state index contributed by atoms with van der Waals surface area (Å²) in [7, 11) is 0. The standard InChI is InChI=1S/C13H20N4O3/c1-9(18)15-10-2-5-17(6-3-10)8-12-11(4-7-20-12)13(19)16-14/h4,7,10H,2-3,5-6,8,14H2,1H3,(H,15,18)(H,16,19). The fourth-order valence-corrected chi connectivity index (χ4v) is 2.47. The fourth-order valence-electron chi connectivity index (χ4n) is 2.47. The molecule has 0 saturated carbocycles. The molecule has 1 aromatic heterocycles. The van der Waals surface area contributed by atoms with Gasteiger partial charge >= 0.3 is 0 Å². The second kappa shape index (κ2) is 6.53.